The summed E-state index contributed by atoms with van der Waals surface area (Å²) in [5.74, 6) is 0.105. The van der Waals surface area contributed by atoms with Crippen molar-refractivity contribution in [2.24, 2.45) is 0 Å². The number of fused-ring (bicyclic) bond motifs is 1. The van der Waals surface area contributed by atoms with E-state index in [0.29, 0.717) is 17.9 Å². The number of rotatable bonds is 4. The van der Waals surface area contributed by atoms with Crippen LogP contribution >= 0.6 is 0 Å². The first-order valence-corrected chi connectivity index (χ1v) is 9.16. The van der Waals surface area contributed by atoms with Gasteiger partial charge in [-0.2, -0.15) is 0 Å². The average Bonchev–Trinajstić information content (AvgIpc) is 2.71. The van der Waals surface area contributed by atoms with E-state index in [2.05, 4.69) is 5.32 Å². The SMILES string of the molecule is COc1cc2c(c(OC)c1)[C@H](c1ccc(C(=O)O)cc1)C1=C(CCCC1=O)N2. The quantitative estimate of drug-likeness (QED) is 0.836. The molecule has 1 atom stereocenters. The molecule has 2 aromatic carbocycles. The third-order valence-corrected chi connectivity index (χ3v) is 5.38. The summed E-state index contributed by atoms with van der Waals surface area (Å²) in [6.07, 6.45) is 2.12. The number of anilines is 1. The molecule has 0 spiro atoms. The van der Waals surface area contributed by atoms with E-state index in [1.165, 1.54) is 0 Å². The smallest absolute Gasteiger partial charge is 0.335 e. The van der Waals surface area contributed by atoms with Crippen LogP contribution in [0, 0.1) is 0 Å². The van der Waals surface area contributed by atoms with Crippen LogP contribution in [0.2, 0.25) is 0 Å². The number of aromatic carboxylic acids is 1. The highest BCUT2D eigenvalue weighted by atomic mass is 16.5. The Labute approximate surface area is 162 Å². The lowest BCUT2D eigenvalue weighted by molar-refractivity contribution is -0.116. The normalized spacial score (nSPS) is 18.1. The van der Waals surface area contributed by atoms with Crippen molar-refractivity contribution in [2.75, 3.05) is 19.5 Å². The second-order valence-electron chi connectivity index (χ2n) is 6.95. The largest absolute Gasteiger partial charge is 0.497 e. The fourth-order valence-electron chi connectivity index (χ4n) is 4.08. The lowest BCUT2D eigenvalue weighted by Gasteiger charge is -2.35. The molecular formula is C22H21NO5. The minimum Gasteiger partial charge on any atom is -0.497 e. The molecule has 6 heteroatoms. The van der Waals surface area contributed by atoms with Crippen LogP contribution in [0.5, 0.6) is 11.5 Å². The van der Waals surface area contributed by atoms with Crippen LogP contribution in [0.25, 0.3) is 0 Å². The van der Waals surface area contributed by atoms with E-state index >= 15 is 0 Å². The summed E-state index contributed by atoms with van der Waals surface area (Å²) < 4.78 is 11.0. The molecule has 0 aromatic heterocycles. The highest BCUT2D eigenvalue weighted by Crippen LogP contribution is 2.50. The summed E-state index contributed by atoms with van der Waals surface area (Å²) in [5.41, 5.74) is 4.44. The molecule has 4 rings (SSSR count). The fraction of sp³-hybridized carbons (Fsp3) is 0.273. The van der Waals surface area contributed by atoms with Gasteiger partial charge < -0.3 is 19.9 Å². The summed E-state index contributed by atoms with van der Waals surface area (Å²) >= 11 is 0. The van der Waals surface area contributed by atoms with Crippen molar-refractivity contribution in [3.8, 4) is 11.5 Å². The van der Waals surface area contributed by atoms with Crippen molar-refractivity contribution in [1.29, 1.82) is 0 Å². The number of carboxylic acid groups (broad SMARTS) is 1. The number of carbonyl (C=O) groups excluding carboxylic acids is 1. The number of Topliss-reactive ketones (excluding diaryl/α,β-unsaturated/α-hetero) is 1. The van der Waals surface area contributed by atoms with Gasteiger partial charge in [0.15, 0.2) is 5.78 Å². The maximum Gasteiger partial charge on any atom is 0.335 e. The van der Waals surface area contributed by atoms with Gasteiger partial charge in [0, 0.05) is 47.0 Å². The van der Waals surface area contributed by atoms with E-state index in [4.69, 9.17) is 9.47 Å². The molecule has 0 bridgehead atoms. The molecule has 0 radical (unpaired) electrons. The topological polar surface area (TPSA) is 84.9 Å². The second-order valence-corrected chi connectivity index (χ2v) is 6.95. The number of carbonyl (C=O) groups is 2. The molecule has 1 aliphatic heterocycles. The molecule has 0 amide bonds. The number of ether oxygens (including phenoxy) is 2. The molecule has 144 valence electrons. The van der Waals surface area contributed by atoms with Crippen molar-refractivity contribution in [3.05, 3.63) is 64.4 Å². The number of nitrogens with one attached hydrogen (secondary N) is 1. The third kappa shape index (κ3) is 2.91. The van der Waals surface area contributed by atoms with E-state index in [-0.39, 0.29) is 17.3 Å². The van der Waals surface area contributed by atoms with Gasteiger partial charge in [-0.25, -0.2) is 4.79 Å². The Morgan fingerprint density at radius 3 is 2.50 bits per heavy atom. The van der Waals surface area contributed by atoms with E-state index in [9.17, 15) is 14.7 Å². The van der Waals surface area contributed by atoms with Crippen LogP contribution < -0.4 is 14.8 Å². The van der Waals surface area contributed by atoms with Gasteiger partial charge in [0.2, 0.25) is 0 Å². The lowest BCUT2D eigenvalue weighted by Crippen LogP contribution is -2.27. The zero-order chi connectivity index (χ0) is 19.8. The van der Waals surface area contributed by atoms with Gasteiger partial charge in [-0.15, -0.1) is 0 Å². The second kappa shape index (κ2) is 7.03. The molecule has 0 unspecified atom stereocenters. The van der Waals surface area contributed by atoms with Crippen LogP contribution in [0.4, 0.5) is 5.69 Å². The lowest BCUT2D eigenvalue weighted by atomic mass is 9.75. The summed E-state index contributed by atoms with van der Waals surface area (Å²) in [6, 6.07) is 10.4. The first-order valence-electron chi connectivity index (χ1n) is 9.16. The molecular weight excluding hydrogens is 358 g/mol. The van der Waals surface area contributed by atoms with Crippen molar-refractivity contribution >= 4 is 17.4 Å². The zero-order valence-corrected chi connectivity index (χ0v) is 15.7. The third-order valence-electron chi connectivity index (χ3n) is 5.38. The molecule has 1 aliphatic carbocycles. The summed E-state index contributed by atoms with van der Waals surface area (Å²) in [4.78, 5) is 24.1. The maximum atomic E-state index is 12.9. The van der Waals surface area contributed by atoms with Gasteiger partial charge in [0.25, 0.3) is 0 Å². The van der Waals surface area contributed by atoms with Crippen molar-refractivity contribution in [3.63, 3.8) is 0 Å². The van der Waals surface area contributed by atoms with Gasteiger partial charge >= 0.3 is 5.97 Å². The van der Waals surface area contributed by atoms with Gasteiger partial charge in [-0.05, 0) is 30.5 Å². The number of benzene rings is 2. The van der Waals surface area contributed by atoms with E-state index in [1.807, 2.05) is 6.07 Å². The van der Waals surface area contributed by atoms with Gasteiger partial charge in [0.05, 0.1) is 19.8 Å². The molecule has 0 fully saturated rings. The minimum absolute atomic E-state index is 0.115. The molecule has 0 saturated heterocycles. The maximum absolute atomic E-state index is 12.9. The van der Waals surface area contributed by atoms with Crippen LogP contribution in [-0.2, 0) is 4.79 Å². The molecule has 2 N–H and O–H groups in total. The first-order chi connectivity index (χ1) is 13.5. The Balaban J connectivity index is 1.94. The van der Waals surface area contributed by atoms with Crippen molar-refractivity contribution < 1.29 is 24.2 Å². The highest BCUT2D eigenvalue weighted by molar-refractivity contribution is 6.01. The van der Waals surface area contributed by atoms with E-state index in [1.54, 1.807) is 44.6 Å². The van der Waals surface area contributed by atoms with Crippen LogP contribution in [0.15, 0.2) is 47.7 Å². The molecule has 0 saturated carbocycles. The predicted molar refractivity (Wildman–Crippen MR) is 104 cm³/mol. The van der Waals surface area contributed by atoms with Crippen LogP contribution in [-0.4, -0.2) is 31.1 Å². The predicted octanol–water partition coefficient (Wildman–Crippen LogP) is 3.97. The van der Waals surface area contributed by atoms with Crippen molar-refractivity contribution in [2.45, 2.75) is 25.2 Å². The number of carboxylic acids is 1. The van der Waals surface area contributed by atoms with Crippen LogP contribution in [0.1, 0.15) is 46.7 Å². The Hall–Kier alpha value is -3.28. The van der Waals surface area contributed by atoms with Gasteiger partial charge in [-0.1, -0.05) is 12.1 Å². The fourth-order valence-corrected chi connectivity index (χ4v) is 4.08. The van der Waals surface area contributed by atoms with E-state index < -0.39 is 5.97 Å². The Morgan fingerprint density at radius 1 is 1.11 bits per heavy atom. The van der Waals surface area contributed by atoms with Gasteiger partial charge in [-0.3, -0.25) is 4.79 Å². The molecule has 2 aliphatic rings. The first kappa shape index (κ1) is 18.1. The Morgan fingerprint density at radius 2 is 1.86 bits per heavy atom. The number of hydrogen-bond donors (Lipinski definition) is 2. The number of hydrogen-bond acceptors (Lipinski definition) is 5. The molecule has 6 nitrogen and oxygen atoms in total. The Bertz CT molecular complexity index is 991. The average molecular weight is 379 g/mol. The Kier molecular flexibility index (Phi) is 4.55. The minimum atomic E-state index is -0.978. The summed E-state index contributed by atoms with van der Waals surface area (Å²) in [7, 11) is 3.19. The summed E-state index contributed by atoms with van der Waals surface area (Å²) in [6.45, 7) is 0. The monoisotopic (exact) mass is 379 g/mol. The number of methoxy groups -OCH3 is 2. The molecule has 1 heterocycles. The summed E-state index contributed by atoms with van der Waals surface area (Å²) in [5, 5.41) is 12.6. The van der Waals surface area contributed by atoms with Crippen molar-refractivity contribution in [1.82, 2.24) is 0 Å². The van der Waals surface area contributed by atoms with E-state index in [0.717, 1.165) is 40.9 Å². The highest BCUT2D eigenvalue weighted by Gasteiger charge is 2.37. The molecule has 2 aromatic rings. The number of allylic oxidation sites excluding steroid dienone is 2. The zero-order valence-electron chi connectivity index (χ0n) is 15.7. The van der Waals surface area contributed by atoms with Gasteiger partial charge in [0.1, 0.15) is 11.5 Å². The standard InChI is InChI=1S/C22H21NO5/c1-27-14-10-16-21(18(11-14)28-2)19(12-6-8-13(9-7-12)22(25)26)20-15(23-16)4-3-5-17(20)24/h6-11,19,23H,3-5H2,1-2H3,(H,25,26)/t19-/m1/s1. The molecule has 28 heavy (non-hydrogen) atoms. The van der Waals surface area contributed by atoms with Crippen LogP contribution in [0.3, 0.4) is 0 Å². The number of ketones is 1.